The third-order valence-electron chi connectivity index (χ3n) is 3.83. The largest absolute Gasteiger partial charge is 0.418 e. The highest BCUT2D eigenvalue weighted by atomic mass is 35.5. The molecule has 26 heavy (non-hydrogen) atoms. The minimum Gasteiger partial charge on any atom is -0.349 e. The van der Waals surface area contributed by atoms with Crippen molar-refractivity contribution in [3.05, 3.63) is 64.2 Å². The van der Waals surface area contributed by atoms with Gasteiger partial charge in [-0.05, 0) is 49.2 Å². The van der Waals surface area contributed by atoms with E-state index in [2.05, 4.69) is 10.6 Å². The number of nitrogens with one attached hydrogen (secondary N) is 2. The van der Waals surface area contributed by atoms with Crippen molar-refractivity contribution in [1.82, 2.24) is 5.32 Å². The van der Waals surface area contributed by atoms with E-state index in [1.54, 1.807) is 0 Å². The molecular formula is C18H14ClF3N2O2. The first-order valence-electron chi connectivity index (χ1n) is 7.83. The number of benzene rings is 2. The van der Waals surface area contributed by atoms with Crippen molar-refractivity contribution in [1.29, 1.82) is 0 Å². The Hall–Kier alpha value is -2.54. The molecule has 0 unspecified atom stereocenters. The fraction of sp³-hybridized carbons (Fsp3) is 0.222. The molecule has 0 radical (unpaired) electrons. The molecule has 1 saturated carbocycles. The van der Waals surface area contributed by atoms with E-state index < -0.39 is 23.3 Å². The number of amides is 2. The van der Waals surface area contributed by atoms with Crippen molar-refractivity contribution >= 4 is 29.1 Å². The van der Waals surface area contributed by atoms with E-state index in [0.717, 1.165) is 25.0 Å². The predicted octanol–water partition coefficient (Wildman–Crippen LogP) is 4.50. The van der Waals surface area contributed by atoms with Gasteiger partial charge in [0.05, 0.1) is 11.3 Å². The van der Waals surface area contributed by atoms with Gasteiger partial charge in [-0.1, -0.05) is 17.7 Å². The molecule has 2 amide bonds. The summed E-state index contributed by atoms with van der Waals surface area (Å²) in [5.74, 6) is -1.07. The second-order valence-electron chi connectivity index (χ2n) is 5.97. The van der Waals surface area contributed by atoms with Crippen molar-refractivity contribution in [2.45, 2.75) is 25.1 Å². The number of halogens is 4. The summed E-state index contributed by atoms with van der Waals surface area (Å²) in [6.07, 6.45) is -2.83. The zero-order valence-corrected chi connectivity index (χ0v) is 14.1. The maximum atomic E-state index is 13.1. The van der Waals surface area contributed by atoms with Crippen LogP contribution in [0.3, 0.4) is 0 Å². The number of alkyl halides is 3. The lowest BCUT2D eigenvalue weighted by Crippen LogP contribution is -2.25. The third kappa shape index (κ3) is 4.35. The Kier molecular flexibility index (Phi) is 4.91. The lowest BCUT2D eigenvalue weighted by atomic mass is 10.1. The first-order valence-corrected chi connectivity index (χ1v) is 8.21. The van der Waals surface area contributed by atoms with Crippen LogP contribution in [0.25, 0.3) is 0 Å². The van der Waals surface area contributed by atoms with Gasteiger partial charge in [0, 0.05) is 22.2 Å². The Morgan fingerprint density at radius 2 is 1.65 bits per heavy atom. The summed E-state index contributed by atoms with van der Waals surface area (Å²) in [5, 5.41) is 4.93. The lowest BCUT2D eigenvalue weighted by Gasteiger charge is -2.14. The van der Waals surface area contributed by atoms with Gasteiger partial charge < -0.3 is 10.6 Å². The molecule has 1 aliphatic rings. The van der Waals surface area contributed by atoms with Crippen molar-refractivity contribution < 1.29 is 22.8 Å². The van der Waals surface area contributed by atoms with E-state index in [0.29, 0.717) is 0 Å². The second-order valence-corrected chi connectivity index (χ2v) is 6.41. The molecule has 0 atom stereocenters. The number of anilines is 1. The molecule has 2 aromatic carbocycles. The maximum absolute atomic E-state index is 13.1. The van der Waals surface area contributed by atoms with Crippen LogP contribution in [0, 0.1) is 0 Å². The molecule has 0 heterocycles. The zero-order valence-electron chi connectivity index (χ0n) is 13.4. The van der Waals surface area contributed by atoms with Crippen LogP contribution >= 0.6 is 11.6 Å². The molecule has 3 rings (SSSR count). The van der Waals surface area contributed by atoms with Crippen LogP contribution in [0.4, 0.5) is 18.9 Å². The fourth-order valence-corrected chi connectivity index (χ4v) is 2.52. The molecule has 0 saturated heterocycles. The minimum absolute atomic E-state index is 0.0801. The summed E-state index contributed by atoms with van der Waals surface area (Å²) in [5.41, 5.74) is -1.09. The van der Waals surface area contributed by atoms with E-state index >= 15 is 0 Å². The number of carbonyl (C=O) groups excluding carboxylic acids is 2. The number of carbonyl (C=O) groups is 2. The molecule has 1 fully saturated rings. The molecule has 1 aliphatic carbocycles. The van der Waals surface area contributed by atoms with Gasteiger partial charge in [0.1, 0.15) is 0 Å². The molecule has 0 aliphatic heterocycles. The van der Waals surface area contributed by atoms with E-state index in [1.807, 2.05) is 0 Å². The molecule has 8 heteroatoms. The third-order valence-corrected chi connectivity index (χ3v) is 4.07. The Labute approximate surface area is 152 Å². The number of hydrogen-bond acceptors (Lipinski definition) is 2. The van der Waals surface area contributed by atoms with Crippen LogP contribution in [0.1, 0.15) is 39.1 Å². The van der Waals surface area contributed by atoms with Gasteiger partial charge in [-0.2, -0.15) is 13.2 Å². The van der Waals surface area contributed by atoms with Crippen molar-refractivity contribution in [2.75, 3.05) is 5.32 Å². The van der Waals surface area contributed by atoms with Gasteiger partial charge in [-0.25, -0.2) is 0 Å². The van der Waals surface area contributed by atoms with Crippen LogP contribution in [-0.4, -0.2) is 17.9 Å². The van der Waals surface area contributed by atoms with Gasteiger partial charge in [-0.3, -0.25) is 9.59 Å². The van der Waals surface area contributed by atoms with Gasteiger partial charge in [0.2, 0.25) is 0 Å². The average Bonchev–Trinajstić information content (AvgIpc) is 3.39. The maximum Gasteiger partial charge on any atom is 0.418 e. The van der Waals surface area contributed by atoms with E-state index in [-0.39, 0.29) is 28.1 Å². The van der Waals surface area contributed by atoms with Crippen LogP contribution in [0.15, 0.2) is 42.5 Å². The van der Waals surface area contributed by atoms with Gasteiger partial charge in [-0.15, -0.1) is 0 Å². The zero-order chi connectivity index (χ0) is 18.9. The molecular weight excluding hydrogens is 369 g/mol. The smallest absolute Gasteiger partial charge is 0.349 e. The summed E-state index contributed by atoms with van der Waals surface area (Å²) in [6, 6.07) is 9.06. The highest BCUT2D eigenvalue weighted by molar-refractivity contribution is 6.30. The van der Waals surface area contributed by atoms with Gasteiger partial charge >= 0.3 is 6.18 Å². The Morgan fingerprint density at radius 3 is 2.27 bits per heavy atom. The summed E-state index contributed by atoms with van der Waals surface area (Å²) in [7, 11) is 0. The fourth-order valence-electron chi connectivity index (χ4n) is 2.35. The summed E-state index contributed by atoms with van der Waals surface area (Å²) >= 11 is 5.62. The molecule has 0 bridgehead atoms. The van der Waals surface area contributed by atoms with Crippen LogP contribution in [0.2, 0.25) is 5.02 Å². The summed E-state index contributed by atoms with van der Waals surface area (Å²) in [4.78, 5) is 24.4. The van der Waals surface area contributed by atoms with Crippen LogP contribution in [-0.2, 0) is 6.18 Å². The topological polar surface area (TPSA) is 58.2 Å². The molecule has 136 valence electrons. The SMILES string of the molecule is O=C(Nc1ccc(Cl)cc1C(F)(F)F)c1cccc(C(=O)NC2CC2)c1. The Morgan fingerprint density at radius 1 is 1.00 bits per heavy atom. The molecule has 0 spiro atoms. The Bertz CT molecular complexity index is 864. The standard InChI is InChI=1S/C18H14ClF3N2O2/c19-12-4-7-15(14(9-12)18(20,21)22)24-17(26)11-3-1-2-10(8-11)16(25)23-13-5-6-13/h1-4,7-9,13H,5-6H2,(H,23,25)(H,24,26). The van der Waals surface area contributed by atoms with Crippen molar-refractivity contribution in [3.8, 4) is 0 Å². The summed E-state index contributed by atoms with van der Waals surface area (Å²) in [6.45, 7) is 0. The lowest BCUT2D eigenvalue weighted by molar-refractivity contribution is -0.136. The first kappa shape index (κ1) is 18.3. The van der Waals surface area contributed by atoms with Gasteiger partial charge in [0.15, 0.2) is 0 Å². The van der Waals surface area contributed by atoms with Crippen molar-refractivity contribution in [2.24, 2.45) is 0 Å². The highest BCUT2D eigenvalue weighted by Crippen LogP contribution is 2.36. The van der Waals surface area contributed by atoms with E-state index in [1.165, 1.54) is 30.3 Å². The Balaban J connectivity index is 1.81. The second kappa shape index (κ2) is 6.99. The first-order chi connectivity index (χ1) is 12.2. The minimum atomic E-state index is -4.67. The molecule has 2 N–H and O–H groups in total. The number of hydrogen-bond donors (Lipinski definition) is 2. The van der Waals surface area contributed by atoms with E-state index in [4.69, 9.17) is 11.6 Å². The molecule has 2 aromatic rings. The van der Waals surface area contributed by atoms with E-state index in [9.17, 15) is 22.8 Å². The normalized spacial score (nSPS) is 14.0. The monoisotopic (exact) mass is 382 g/mol. The molecule has 4 nitrogen and oxygen atoms in total. The van der Waals surface area contributed by atoms with Crippen molar-refractivity contribution in [3.63, 3.8) is 0 Å². The van der Waals surface area contributed by atoms with Crippen LogP contribution in [0.5, 0.6) is 0 Å². The van der Waals surface area contributed by atoms with Gasteiger partial charge in [0.25, 0.3) is 11.8 Å². The summed E-state index contributed by atoms with van der Waals surface area (Å²) < 4.78 is 39.3. The predicted molar refractivity (Wildman–Crippen MR) is 91.3 cm³/mol. The quantitative estimate of drug-likeness (QED) is 0.817. The van der Waals surface area contributed by atoms with Crippen LogP contribution < -0.4 is 10.6 Å². The molecule has 0 aromatic heterocycles. The average molecular weight is 383 g/mol. The highest BCUT2D eigenvalue weighted by Gasteiger charge is 2.34. The number of rotatable bonds is 4.